The highest BCUT2D eigenvalue weighted by molar-refractivity contribution is 6.13. The Balaban J connectivity index is 2.16. The quantitative estimate of drug-likeness (QED) is 0.483. The molecule has 0 saturated heterocycles. The number of hydrogen-bond donors (Lipinski definition) is 4. The van der Waals surface area contributed by atoms with Gasteiger partial charge < -0.3 is 21.3 Å². The standard InChI is InChI=1S/C24H28N2O5/c25-20(28)24(22(30)31,19-12-6-5-11-18(19)16-27)23(13-7-2-8-14-23)21(29)26-15-17-9-3-1-4-10-17/h1,3-6,9-12,27H,2,7-8,13-16H2,(H2,25,28)(H,26,29)(H,30,31). The van der Waals surface area contributed by atoms with Crippen LogP contribution in [0.3, 0.4) is 0 Å². The first-order valence-electron chi connectivity index (χ1n) is 10.4. The maximum Gasteiger partial charge on any atom is 0.324 e. The predicted molar refractivity (Wildman–Crippen MR) is 115 cm³/mol. The molecule has 2 aromatic carbocycles. The summed E-state index contributed by atoms with van der Waals surface area (Å²) in [5.41, 5.74) is 3.15. The number of benzene rings is 2. The van der Waals surface area contributed by atoms with E-state index in [1.807, 2.05) is 30.3 Å². The van der Waals surface area contributed by atoms with Gasteiger partial charge in [0.05, 0.1) is 12.0 Å². The maximum atomic E-state index is 13.7. The van der Waals surface area contributed by atoms with E-state index in [-0.39, 0.29) is 30.5 Å². The molecule has 0 aliphatic heterocycles. The zero-order valence-corrected chi connectivity index (χ0v) is 17.3. The van der Waals surface area contributed by atoms with E-state index in [0.717, 1.165) is 12.0 Å². The van der Waals surface area contributed by atoms with Crippen molar-refractivity contribution < 1.29 is 24.6 Å². The minimum atomic E-state index is -2.30. The minimum Gasteiger partial charge on any atom is -0.480 e. The number of amides is 2. The second kappa shape index (κ2) is 9.31. The number of carboxylic acid groups (broad SMARTS) is 1. The molecule has 31 heavy (non-hydrogen) atoms. The SMILES string of the molecule is NC(=O)C(C(=O)O)(c1ccccc1CO)C1(C(=O)NCc2ccccc2)CCCCC1. The number of nitrogens with one attached hydrogen (secondary N) is 1. The topological polar surface area (TPSA) is 130 Å². The van der Waals surface area contributed by atoms with Gasteiger partial charge in [-0.15, -0.1) is 0 Å². The number of carboxylic acids is 1. The van der Waals surface area contributed by atoms with Crippen LogP contribution < -0.4 is 11.1 Å². The van der Waals surface area contributed by atoms with Crippen LogP contribution >= 0.6 is 0 Å². The number of aliphatic hydroxyl groups excluding tert-OH is 1. The third-order valence-corrected chi connectivity index (χ3v) is 6.44. The molecular weight excluding hydrogens is 396 g/mol. The Labute approximate surface area is 181 Å². The second-order valence-electron chi connectivity index (χ2n) is 8.05. The summed E-state index contributed by atoms with van der Waals surface area (Å²) in [5, 5.41) is 23.2. The largest absolute Gasteiger partial charge is 0.480 e. The molecule has 7 nitrogen and oxygen atoms in total. The molecule has 0 heterocycles. The molecule has 1 aliphatic carbocycles. The van der Waals surface area contributed by atoms with Crippen LogP contribution in [0.25, 0.3) is 0 Å². The molecule has 0 radical (unpaired) electrons. The first-order chi connectivity index (χ1) is 14.9. The van der Waals surface area contributed by atoms with E-state index < -0.39 is 35.2 Å². The van der Waals surface area contributed by atoms with Crippen LogP contribution in [0, 0.1) is 5.41 Å². The Morgan fingerprint density at radius 1 is 0.968 bits per heavy atom. The molecule has 1 atom stereocenters. The number of carbonyl (C=O) groups excluding carboxylic acids is 2. The van der Waals surface area contributed by atoms with Gasteiger partial charge in [-0.05, 0) is 29.5 Å². The summed E-state index contributed by atoms with van der Waals surface area (Å²) >= 11 is 0. The first kappa shape index (κ1) is 22.5. The van der Waals surface area contributed by atoms with Crippen LogP contribution in [0.2, 0.25) is 0 Å². The number of aliphatic carboxylic acids is 1. The molecule has 1 saturated carbocycles. The van der Waals surface area contributed by atoms with Gasteiger partial charge in [0.1, 0.15) is 0 Å². The molecule has 2 amide bonds. The van der Waals surface area contributed by atoms with Crippen molar-refractivity contribution in [3.63, 3.8) is 0 Å². The van der Waals surface area contributed by atoms with E-state index in [1.54, 1.807) is 18.2 Å². The number of aliphatic hydroxyl groups is 1. The Bertz CT molecular complexity index is 937. The van der Waals surface area contributed by atoms with Gasteiger partial charge in [0, 0.05) is 6.54 Å². The first-order valence-corrected chi connectivity index (χ1v) is 10.4. The van der Waals surface area contributed by atoms with Gasteiger partial charge in [-0.3, -0.25) is 14.4 Å². The van der Waals surface area contributed by atoms with Crippen LogP contribution in [0.15, 0.2) is 54.6 Å². The fourth-order valence-corrected chi connectivity index (χ4v) is 4.95. The normalized spacial score (nSPS) is 17.3. The zero-order valence-electron chi connectivity index (χ0n) is 17.3. The molecule has 2 aromatic rings. The Hall–Kier alpha value is -3.19. The summed E-state index contributed by atoms with van der Waals surface area (Å²) in [6.07, 6.45) is 2.46. The van der Waals surface area contributed by atoms with Crippen LogP contribution in [0.5, 0.6) is 0 Å². The summed E-state index contributed by atoms with van der Waals surface area (Å²) < 4.78 is 0. The van der Waals surface area contributed by atoms with E-state index >= 15 is 0 Å². The second-order valence-corrected chi connectivity index (χ2v) is 8.05. The lowest BCUT2D eigenvalue weighted by atomic mass is 9.52. The lowest BCUT2D eigenvalue weighted by molar-refractivity contribution is -0.164. The van der Waals surface area contributed by atoms with Crippen molar-refractivity contribution in [1.82, 2.24) is 5.32 Å². The monoisotopic (exact) mass is 424 g/mol. The highest BCUT2D eigenvalue weighted by Crippen LogP contribution is 2.53. The summed E-state index contributed by atoms with van der Waals surface area (Å²) in [4.78, 5) is 39.5. The Morgan fingerprint density at radius 3 is 2.16 bits per heavy atom. The summed E-state index contributed by atoms with van der Waals surface area (Å²) in [7, 11) is 0. The highest BCUT2D eigenvalue weighted by atomic mass is 16.4. The average molecular weight is 424 g/mol. The van der Waals surface area contributed by atoms with Crippen molar-refractivity contribution in [2.24, 2.45) is 11.1 Å². The van der Waals surface area contributed by atoms with Crippen molar-refractivity contribution in [2.75, 3.05) is 0 Å². The number of carbonyl (C=O) groups is 3. The molecular formula is C24H28N2O5. The average Bonchev–Trinajstić information content (AvgIpc) is 2.79. The molecule has 0 aromatic heterocycles. The Morgan fingerprint density at radius 2 is 1.58 bits per heavy atom. The van der Waals surface area contributed by atoms with Gasteiger partial charge in [-0.25, -0.2) is 0 Å². The fraction of sp³-hybridized carbons (Fsp3) is 0.375. The minimum absolute atomic E-state index is 0.0780. The van der Waals surface area contributed by atoms with Crippen molar-refractivity contribution in [3.8, 4) is 0 Å². The third-order valence-electron chi connectivity index (χ3n) is 6.44. The summed E-state index contributed by atoms with van der Waals surface area (Å²) in [6.45, 7) is -0.266. The number of hydrogen-bond acceptors (Lipinski definition) is 4. The van der Waals surface area contributed by atoms with Gasteiger partial charge in [-0.2, -0.15) is 0 Å². The van der Waals surface area contributed by atoms with E-state index in [9.17, 15) is 24.6 Å². The molecule has 1 aliphatic rings. The molecule has 0 spiro atoms. The van der Waals surface area contributed by atoms with Gasteiger partial charge >= 0.3 is 5.97 Å². The van der Waals surface area contributed by atoms with E-state index in [2.05, 4.69) is 5.32 Å². The number of rotatable bonds is 8. The third kappa shape index (κ3) is 3.81. The van der Waals surface area contributed by atoms with E-state index in [1.165, 1.54) is 6.07 Å². The van der Waals surface area contributed by atoms with Crippen LogP contribution in [0.1, 0.15) is 48.8 Å². The van der Waals surface area contributed by atoms with Crippen molar-refractivity contribution in [3.05, 3.63) is 71.3 Å². The maximum absolute atomic E-state index is 13.7. The summed E-state index contributed by atoms with van der Waals surface area (Å²) in [6, 6.07) is 15.5. The lowest BCUT2D eigenvalue weighted by Crippen LogP contribution is -2.65. The molecule has 7 heteroatoms. The molecule has 1 unspecified atom stereocenters. The summed E-state index contributed by atoms with van der Waals surface area (Å²) in [5.74, 6) is -3.08. The van der Waals surface area contributed by atoms with E-state index in [4.69, 9.17) is 5.73 Å². The van der Waals surface area contributed by atoms with Gasteiger partial charge in [-0.1, -0.05) is 73.9 Å². The molecule has 0 bridgehead atoms. The van der Waals surface area contributed by atoms with Crippen LogP contribution in [-0.4, -0.2) is 28.0 Å². The van der Waals surface area contributed by atoms with Crippen molar-refractivity contribution in [2.45, 2.75) is 50.7 Å². The molecule has 5 N–H and O–H groups in total. The van der Waals surface area contributed by atoms with Crippen LogP contribution in [-0.2, 0) is 33.0 Å². The Kier molecular flexibility index (Phi) is 6.75. The van der Waals surface area contributed by atoms with E-state index in [0.29, 0.717) is 12.8 Å². The fourth-order valence-electron chi connectivity index (χ4n) is 4.95. The molecule has 164 valence electrons. The lowest BCUT2D eigenvalue weighted by Gasteiger charge is -2.47. The van der Waals surface area contributed by atoms with Crippen molar-refractivity contribution >= 4 is 17.8 Å². The smallest absolute Gasteiger partial charge is 0.324 e. The number of nitrogens with two attached hydrogens (primary N) is 1. The van der Waals surface area contributed by atoms with Crippen LogP contribution in [0.4, 0.5) is 0 Å². The van der Waals surface area contributed by atoms with Gasteiger partial charge in [0.25, 0.3) is 0 Å². The van der Waals surface area contributed by atoms with Crippen molar-refractivity contribution in [1.29, 1.82) is 0 Å². The number of primary amides is 1. The highest BCUT2D eigenvalue weighted by Gasteiger charge is 2.66. The zero-order chi connectivity index (χ0) is 22.5. The predicted octanol–water partition coefficient (Wildman–Crippen LogP) is 2.25. The molecule has 1 fully saturated rings. The van der Waals surface area contributed by atoms with Gasteiger partial charge in [0.15, 0.2) is 5.41 Å². The van der Waals surface area contributed by atoms with Gasteiger partial charge in [0.2, 0.25) is 11.8 Å². The molecule has 3 rings (SSSR count).